The van der Waals surface area contributed by atoms with Crippen LogP contribution in [0.15, 0.2) is 34.5 Å². The van der Waals surface area contributed by atoms with Crippen molar-refractivity contribution in [2.75, 3.05) is 11.5 Å². The zero-order chi connectivity index (χ0) is 11.4. The molecule has 1 saturated heterocycles. The highest BCUT2D eigenvalue weighted by Crippen LogP contribution is 2.33. The van der Waals surface area contributed by atoms with Crippen molar-refractivity contribution in [1.82, 2.24) is 0 Å². The monoisotopic (exact) mass is 251 g/mol. The fraction of sp³-hybridized carbons (Fsp3) is 0.429. The summed E-state index contributed by atoms with van der Waals surface area (Å²) in [7, 11) is 0.576. The van der Waals surface area contributed by atoms with Crippen LogP contribution in [0, 0.1) is 0 Å². The number of hydrogen-bond acceptors (Lipinski definition) is 1. The number of hydrogen-bond donors (Lipinski definition) is 0. The molecular formula is C14H19S2+. The first-order valence-corrected chi connectivity index (χ1v) is 8.53. The van der Waals surface area contributed by atoms with Crippen molar-refractivity contribution in [2.45, 2.75) is 31.6 Å². The van der Waals surface area contributed by atoms with Crippen LogP contribution in [-0.4, -0.2) is 11.5 Å². The summed E-state index contributed by atoms with van der Waals surface area (Å²) in [6.45, 7) is 4.00. The Bertz CT molecular complexity index is 439. The Morgan fingerprint density at radius 1 is 1.06 bits per heavy atom. The zero-order valence-corrected chi connectivity index (χ0v) is 11.7. The third-order valence-electron chi connectivity index (χ3n) is 2.79. The predicted molar refractivity (Wildman–Crippen MR) is 77.8 cm³/mol. The van der Waals surface area contributed by atoms with Gasteiger partial charge in [-0.25, -0.2) is 0 Å². The van der Waals surface area contributed by atoms with Gasteiger partial charge in [0.25, 0.3) is 0 Å². The summed E-state index contributed by atoms with van der Waals surface area (Å²) < 4.78 is 1.46. The van der Waals surface area contributed by atoms with Crippen LogP contribution in [0.1, 0.15) is 26.7 Å². The van der Waals surface area contributed by atoms with Crippen molar-refractivity contribution >= 4 is 32.3 Å². The highest BCUT2D eigenvalue weighted by atomic mass is 32.2. The molecule has 1 aliphatic rings. The lowest BCUT2D eigenvalue weighted by Gasteiger charge is -1.97. The van der Waals surface area contributed by atoms with Crippen molar-refractivity contribution in [3.05, 3.63) is 29.6 Å². The van der Waals surface area contributed by atoms with Crippen LogP contribution < -0.4 is 0 Å². The molecule has 0 bridgehead atoms. The van der Waals surface area contributed by atoms with Crippen LogP contribution in [0.2, 0.25) is 0 Å². The normalized spacial score (nSPS) is 16.1. The van der Waals surface area contributed by atoms with Crippen LogP contribution in [-0.2, 0) is 10.9 Å². The molecular weight excluding hydrogens is 232 g/mol. The van der Waals surface area contributed by atoms with Crippen molar-refractivity contribution in [2.24, 2.45) is 0 Å². The minimum absolute atomic E-state index is 0.576. The van der Waals surface area contributed by atoms with Gasteiger partial charge in [-0.1, -0.05) is 26.0 Å². The van der Waals surface area contributed by atoms with Crippen LogP contribution in [0.3, 0.4) is 0 Å². The van der Waals surface area contributed by atoms with E-state index in [-0.39, 0.29) is 0 Å². The Kier molecular flexibility index (Phi) is 4.30. The maximum atomic E-state index is 2.39. The summed E-state index contributed by atoms with van der Waals surface area (Å²) in [4.78, 5) is 1.64. The van der Waals surface area contributed by atoms with E-state index in [0.717, 1.165) is 0 Å². The van der Waals surface area contributed by atoms with Crippen LogP contribution in [0.25, 0.3) is 10.1 Å². The van der Waals surface area contributed by atoms with E-state index >= 15 is 0 Å². The molecule has 1 aromatic heterocycles. The summed E-state index contributed by atoms with van der Waals surface area (Å²) in [6, 6.07) is 8.83. The van der Waals surface area contributed by atoms with Crippen LogP contribution >= 0.6 is 11.3 Å². The summed E-state index contributed by atoms with van der Waals surface area (Å²) >= 11 is 1.91. The topological polar surface area (TPSA) is 0 Å². The van der Waals surface area contributed by atoms with Crippen LogP contribution in [0.5, 0.6) is 0 Å². The van der Waals surface area contributed by atoms with Gasteiger partial charge in [0, 0.05) is 26.4 Å². The quantitative estimate of drug-likeness (QED) is 0.645. The standard InChI is InChI=1S/C12H13S2.C2H6/c1-2-6-11-10(5-1)12(9-13-11)14-7-3-4-8-14;1-2/h1-2,5-6,9H,3-4,7-8H2;1-2H3/q+1;. The van der Waals surface area contributed by atoms with Gasteiger partial charge in [-0.2, -0.15) is 0 Å². The minimum Gasteiger partial charge on any atom is -0.138 e. The van der Waals surface area contributed by atoms with E-state index in [0.29, 0.717) is 10.9 Å². The molecule has 0 N–H and O–H groups in total. The van der Waals surface area contributed by atoms with Gasteiger partial charge in [0.2, 0.25) is 0 Å². The Labute approximate surface area is 105 Å². The van der Waals surface area contributed by atoms with Gasteiger partial charge >= 0.3 is 0 Å². The Balaban J connectivity index is 0.000000457. The van der Waals surface area contributed by atoms with Gasteiger partial charge in [-0.3, -0.25) is 0 Å². The zero-order valence-electron chi connectivity index (χ0n) is 10.0. The fourth-order valence-corrected chi connectivity index (χ4v) is 5.87. The second-order valence-corrected chi connectivity index (χ2v) is 6.86. The van der Waals surface area contributed by atoms with E-state index in [2.05, 4.69) is 29.6 Å². The van der Waals surface area contributed by atoms with Crippen molar-refractivity contribution in [3.63, 3.8) is 0 Å². The molecule has 0 amide bonds. The van der Waals surface area contributed by atoms with Gasteiger partial charge in [-0.15, -0.1) is 11.3 Å². The molecule has 1 fully saturated rings. The maximum Gasteiger partial charge on any atom is 0.173 e. The van der Waals surface area contributed by atoms with Gasteiger partial charge < -0.3 is 0 Å². The second kappa shape index (κ2) is 5.74. The lowest BCUT2D eigenvalue weighted by Crippen LogP contribution is -2.02. The molecule has 0 aliphatic carbocycles. The van der Waals surface area contributed by atoms with Gasteiger partial charge in [-0.05, 0) is 25.0 Å². The molecule has 16 heavy (non-hydrogen) atoms. The number of benzene rings is 1. The smallest absolute Gasteiger partial charge is 0.138 e. The molecule has 1 aromatic carbocycles. The first-order valence-electron chi connectivity index (χ1n) is 6.09. The molecule has 3 rings (SSSR count). The second-order valence-electron chi connectivity index (χ2n) is 3.70. The number of rotatable bonds is 1. The molecule has 2 heterocycles. The van der Waals surface area contributed by atoms with E-state index in [1.807, 2.05) is 25.2 Å². The Morgan fingerprint density at radius 2 is 1.75 bits per heavy atom. The summed E-state index contributed by atoms with van der Waals surface area (Å²) in [6.07, 6.45) is 2.88. The van der Waals surface area contributed by atoms with Gasteiger partial charge in [0.05, 0.1) is 0 Å². The van der Waals surface area contributed by atoms with Crippen molar-refractivity contribution in [1.29, 1.82) is 0 Å². The Hall–Kier alpha value is -0.470. The van der Waals surface area contributed by atoms with E-state index in [1.165, 1.54) is 34.4 Å². The van der Waals surface area contributed by atoms with E-state index < -0.39 is 0 Å². The largest absolute Gasteiger partial charge is 0.173 e. The highest BCUT2D eigenvalue weighted by Gasteiger charge is 2.29. The molecule has 86 valence electrons. The highest BCUT2D eigenvalue weighted by molar-refractivity contribution is 7.97. The number of fused-ring (bicyclic) bond motifs is 1. The van der Waals surface area contributed by atoms with E-state index in [4.69, 9.17) is 0 Å². The lowest BCUT2D eigenvalue weighted by molar-refractivity contribution is 0.949. The van der Waals surface area contributed by atoms with Crippen LogP contribution in [0.4, 0.5) is 0 Å². The molecule has 0 unspecified atom stereocenters. The molecule has 2 heteroatoms. The number of thiophene rings is 1. The average molecular weight is 251 g/mol. The first kappa shape index (κ1) is 12.0. The molecule has 0 saturated carbocycles. The fourth-order valence-electron chi connectivity index (χ4n) is 2.05. The van der Waals surface area contributed by atoms with Gasteiger partial charge in [0.1, 0.15) is 11.5 Å². The summed E-state index contributed by atoms with van der Waals surface area (Å²) in [5.41, 5.74) is 0. The predicted octanol–water partition coefficient (Wildman–Crippen LogP) is 4.70. The Morgan fingerprint density at radius 3 is 2.50 bits per heavy atom. The van der Waals surface area contributed by atoms with E-state index in [1.54, 1.807) is 4.90 Å². The maximum absolute atomic E-state index is 2.39. The van der Waals surface area contributed by atoms with Crippen molar-refractivity contribution < 1.29 is 0 Å². The average Bonchev–Trinajstić information content (AvgIpc) is 3.00. The van der Waals surface area contributed by atoms with E-state index in [9.17, 15) is 0 Å². The lowest BCUT2D eigenvalue weighted by atomic mass is 10.3. The first-order chi connectivity index (χ1) is 7.95. The van der Waals surface area contributed by atoms with Crippen molar-refractivity contribution in [3.8, 4) is 0 Å². The third-order valence-corrected chi connectivity index (χ3v) is 6.42. The molecule has 1 aliphatic heterocycles. The summed E-state index contributed by atoms with van der Waals surface area (Å²) in [5, 5.41) is 3.90. The third kappa shape index (κ3) is 2.28. The minimum atomic E-state index is 0.576. The molecule has 0 atom stereocenters. The molecule has 0 nitrogen and oxygen atoms in total. The molecule has 0 spiro atoms. The molecule has 0 radical (unpaired) electrons. The molecule has 2 aromatic rings. The summed E-state index contributed by atoms with van der Waals surface area (Å²) in [5.74, 6) is 2.86. The van der Waals surface area contributed by atoms with Gasteiger partial charge in [0.15, 0.2) is 4.90 Å². The SMILES string of the molecule is CC.c1ccc2c([S+]3CCCC3)csc2c1.